The van der Waals surface area contributed by atoms with E-state index in [-0.39, 0.29) is 18.5 Å². The number of benzene rings is 2. The monoisotopic (exact) mass is 353 g/mol. The molecule has 0 radical (unpaired) electrons. The molecule has 0 aliphatic carbocycles. The summed E-state index contributed by atoms with van der Waals surface area (Å²) in [5, 5.41) is 3.34. The molecule has 0 aliphatic rings. The Balaban J connectivity index is 0.00000264. The minimum absolute atomic E-state index is 0. The summed E-state index contributed by atoms with van der Waals surface area (Å²) in [5.74, 6) is 1.57. The fraction of sp³-hybridized carbons (Fsp3) is 0.368. The van der Waals surface area contributed by atoms with Gasteiger partial charge < -0.3 is 10.1 Å². The summed E-state index contributed by atoms with van der Waals surface area (Å²) >= 11 is 5.90. The molecule has 2 aromatic carbocycles. The summed E-state index contributed by atoms with van der Waals surface area (Å²) < 4.78 is 6.21. The zero-order valence-corrected chi connectivity index (χ0v) is 15.1. The van der Waals surface area contributed by atoms with Crippen molar-refractivity contribution < 1.29 is 4.74 Å². The molecule has 0 saturated heterocycles. The van der Waals surface area contributed by atoms with Crippen LogP contribution in [0.1, 0.15) is 24.5 Å². The van der Waals surface area contributed by atoms with Gasteiger partial charge in [-0.05, 0) is 30.2 Å². The quantitative estimate of drug-likeness (QED) is 0.660. The molecule has 0 heterocycles. The van der Waals surface area contributed by atoms with E-state index in [0.717, 1.165) is 31.7 Å². The van der Waals surface area contributed by atoms with Gasteiger partial charge in [-0.15, -0.1) is 24.0 Å². The molecule has 2 rings (SSSR count). The highest BCUT2D eigenvalue weighted by Gasteiger charge is 2.12. The highest BCUT2D eigenvalue weighted by atomic mass is 35.5. The number of hydrogen-bond acceptors (Lipinski definition) is 2. The molecule has 0 saturated carbocycles. The Hall–Kier alpha value is -1.22. The van der Waals surface area contributed by atoms with Gasteiger partial charge in [-0.1, -0.05) is 55.5 Å². The molecule has 1 N–H and O–H groups in total. The SMILES string of the molecule is CCNCC(CCCl)Oc1ccccc1Cc1ccccc1.Cl. The first-order valence-electron chi connectivity index (χ1n) is 7.88. The zero-order chi connectivity index (χ0) is 15.6. The van der Waals surface area contributed by atoms with Gasteiger partial charge in [-0.3, -0.25) is 0 Å². The fourth-order valence-electron chi connectivity index (χ4n) is 2.39. The number of ether oxygens (including phenoxy) is 1. The Bertz CT molecular complexity index is 548. The molecule has 0 bridgehead atoms. The van der Waals surface area contributed by atoms with E-state index in [9.17, 15) is 0 Å². The van der Waals surface area contributed by atoms with Crippen molar-refractivity contribution in [2.24, 2.45) is 0 Å². The molecule has 0 aromatic heterocycles. The first-order chi connectivity index (χ1) is 10.8. The Morgan fingerprint density at radius 3 is 2.43 bits per heavy atom. The van der Waals surface area contributed by atoms with Crippen molar-refractivity contribution in [3.05, 3.63) is 65.7 Å². The summed E-state index contributed by atoms with van der Waals surface area (Å²) in [5.41, 5.74) is 2.50. The third-order valence-corrected chi connectivity index (χ3v) is 3.77. The molecular formula is C19H25Cl2NO. The molecule has 0 aliphatic heterocycles. The van der Waals surface area contributed by atoms with E-state index in [1.165, 1.54) is 11.1 Å². The molecule has 4 heteroatoms. The molecule has 1 atom stereocenters. The Kier molecular flexibility index (Phi) is 9.77. The highest BCUT2D eigenvalue weighted by Crippen LogP contribution is 2.23. The minimum Gasteiger partial charge on any atom is -0.489 e. The van der Waals surface area contributed by atoms with Crippen LogP contribution in [0.4, 0.5) is 0 Å². The molecule has 2 aromatic rings. The van der Waals surface area contributed by atoms with E-state index in [1.54, 1.807) is 0 Å². The summed E-state index contributed by atoms with van der Waals surface area (Å²) in [6, 6.07) is 18.7. The summed E-state index contributed by atoms with van der Waals surface area (Å²) in [6.45, 7) is 3.86. The second-order valence-corrected chi connectivity index (χ2v) is 5.67. The normalized spacial score (nSPS) is 11.6. The highest BCUT2D eigenvalue weighted by molar-refractivity contribution is 6.17. The van der Waals surface area contributed by atoms with Crippen LogP contribution in [-0.4, -0.2) is 25.1 Å². The fourth-order valence-corrected chi connectivity index (χ4v) is 2.63. The first-order valence-corrected chi connectivity index (χ1v) is 8.42. The van der Waals surface area contributed by atoms with Gasteiger partial charge in [-0.2, -0.15) is 0 Å². The average molecular weight is 354 g/mol. The van der Waals surface area contributed by atoms with Crippen LogP contribution >= 0.6 is 24.0 Å². The number of rotatable bonds is 9. The van der Waals surface area contributed by atoms with Crippen LogP contribution in [0.2, 0.25) is 0 Å². The molecule has 1 unspecified atom stereocenters. The van der Waals surface area contributed by atoms with Crippen LogP contribution in [0.3, 0.4) is 0 Å². The number of halogens is 2. The standard InChI is InChI=1S/C19H24ClNO.ClH/c1-2-21-15-18(12-13-20)22-19-11-7-6-10-17(19)14-16-8-4-3-5-9-16;/h3-11,18,21H,2,12-15H2,1H3;1H. The molecule has 0 spiro atoms. The van der Waals surface area contributed by atoms with Gasteiger partial charge >= 0.3 is 0 Å². The number of alkyl halides is 1. The van der Waals surface area contributed by atoms with Crippen molar-refractivity contribution in [2.75, 3.05) is 19.0 Å². The van der Waals surface area contributed by atoms with Crippen LogP contribution in [-0.2, 0) is 6.42 Å². The lowest BCUT2D eigenvalue weighted by Gasteiger charge is -2.20. The molecule has 0 fully saturated rings. The lowest BCUT2D eigenvalue weighted by molar-refractivity contribution is 0.193. The van der Waals surface area contributed by atoms with Gasteiger partial charge in [0, 0.05) is 18.8 Å². The van der Waals surface area contributed by atoms with Crippen LogP contribution < -0.4 is 10.1 Å². The maximum atomic E-state index is 6.21. The zero-order valence-electron chi connectivity index (χ0n) is 13.5. The van der Waals surface area contributed by atoms with Gasteiger partial charge in [0.05, 0.1) is 0 Å². The maximum Gasteiger partial charge on any atom is 0.123 e. The Morgan fingerprint density at radius 1 is 1.04 bits per heavy atom. The van der Waals surface area contributed by atoms with Crippen molar-refractivity contribution >= 4 is 24.0 Å². The third kappa shape index (κ3) is 6.82. The molecule has 2 nitrogen and oxygen atoms in total. The predicted octanol–water partition coefficient (Wildman–Crippen LogP) is 4.69. The van der Waals surface area contributed by atoms with Crippen molar-refractivity contribution in [3.8, 4) is 5.75 Å². The lowest BCUT2D eigenvalue weighted by atomic mass is 10.0. The third-order valence-electron chi connectivity index (χ3n) is 3.56. The van der Waals surface area contributed by atoms with Crippen LogP contribution in [0.25, 0.3) is 0 Å². The molecule has 23 heavy (non-hydrogen) atoms. The second kappa shape index (κ2) is 11.3. The average Bonchev–Trinajstić information content (AvgIpc) is 2.55. The number of likely N-dealkylation sites (N-methyl/N-ethyl adjacent to an activating group) is 1. The second-order valence-electron chi connectivity index (χ2n) is 5.30. The van der Waals surface area contributed by atoms with Gasteiger partial charge in [0.2, 0.25) is 0 Å². The van der Waals surface area contributed by atoms with Crippen molar-refractivity contribution in [1.29, 1.82) is 0 Å². The van der Waals surface area contributed by atoms with Gasteiger partial charge in [-0.25, -0.2) is 0 Å². The van der Waals surface area contributed by atoms with Crippen molar-refractivity contribution in [2.45, 2.75) is 25.9 Å². The van der Waals surface area contributed by atoms with Gasteiger partial charge in [0.1, 0.15) is 11.9 Å². The molecule has 126 valence electrons. The van der Waals surface area contributed by atoms with Crippen molar-refractivity contribution in [1.82, 2.24) is 5.32 Å². The largest absolute Gasteiger partial charge is 0.489 e. The van der Waals surface area contributed by atoms with Crippen LogP contribution in [0.15, 0.2) is 54.6 Å². The first kappa shape index (κ1) is 19.8. The smallest absolute Gasteiger partial charge is 0.123 e. The van der Waals surface area contributed by atoms with Gasteiger partial charge in [0.25, 0.3) is 0 Å². The molecule has 0 amide bonds. The van der Waals surface area contributed by atoms with E-state index < -0.39 is 0 Å². The summed E-state index contributed by atoms with van der Waals surface area (Å²) in [4.78, 5) is 0. The Labute approximate surface area is 150 Å². The van der Waals surface area contributed by atoms with Gasteiger partial charge in [0.15, 0.2) is 0 Å². The van der Waals surface area contributed by atoms with E-state index in [2.05, 4.69) is 48.6 Å². The predicted molar refractivity (Wildman–Crippen MR) is 101 cm³/mol. The lowest BCUT2D eigenvalue weighted by Crippen LogP contribution is -2.32. The van der Waals surface area contributed by atoms with E-state index >= 15 is 0 Å². The van der Waals surface area contributed by atoms with E-state index in [4.69, 9.17) is 16.3 Å². The summed E-state index contributed by atoms with van der Waals surface area (Å²) in [6.07, 6.45) is 1.83. The van der Waals surface area contributed by atoms with Crippen LogP contribution in [0.5, 0.6) is 5.75 Å². The molecular weight excluding hydrogens is 329 g/mol. The number of nitrogens with one attached hydrogen (secondary N) is 1. The Morgan fingerprint density at radius 2 is 1.74 bits per heavy atom. The summed E-state index contributed by atoms with van der Waals surface area (Å²) in [7, 11) is 0. The topological polar surface area (TPSA) is 21.3 Å². The number of hydrogen-bond donors (Lipinski definition) is 1. The van der Waals surface area contributed by atoms with Crippen molar-refractivity contribution in [3.63, 3.8) is 0 Å². The number of para-hydroxylation sites is 1. The van der Waals surface area contributed by atoms with Crippen LogP contribution in [0, 0.1) is 0 Å². The minimum atomic E-state index is 0. The maximum absolute atomic E-state index is 6.21. The van der Waals surface area contributed by atoms with E-state index in [1.807, 2.05) is 18.2 Å². The van der Waals surface area contributed by atoms with E-state index in [0.29, 0.717) is 5.88 Å².